The molecule has 0 spiro atoms. The van der Waals surface area contributed by atoms with Crippen LogP contribution in [0.1, 0.15) is 0 Å². The predicted molar refractivity (Wildman–Crippen MR) is 179 cm³/mol. The molecule has 0 aromatic rings. The van der Waals surface area contributed by atoms with Crippen LogP contribution in [0, 0.1) is 0 Å². The van der Waals surface area contributed by atoms with Crippen LogP contribution in [0.3, 0.4) is 0 Å². The van der Waals surface area contributed by atoms with Gasteiger partial charge in [-0.05, 0) is 134 Å². The lowest BCUT2D eigenvalue weighted by atomic mass is 10.9. The second-order valence-corrected chi connectivity index (χ2v) is 45.9. The zero-order chi connectivity index (χ0) is 28.2. The van der Waals surface area contributed by atoms with E-state index in [2.05, 4.69) is 98.2 Å². The summed E-state index contributed by atoms with van der Waals surface area (Å²) in [4.78, 5) is 0. The molecule has 0 radical (unpaired) electrons. The minimum absolute atomic E-state index is 1.02. The average molecular weight is 661 g/mol. The van der Waals surface area contributed by atoms with Crippen LogP contribution in [0.25, 0.3) is 0 Å². The molecule has 216 valence electrons. The van der Waals surface area contributed by atoms with Gasteiger partial charge in [0.1, 0.15) is 0 Å². The SMILES string of the molecule is C[SiH](C)O[Si](C)(C)CC[Si]1(C)O[Si](C)(CC[Si](C)(C)O[SiH](C)C)O[Si](C)(CC[Si](C)(C)O[SiH](C)C)O1. The van der Waals surface area contributed by atoms with Gasteiger partial charge in [0.05, 0.1) is 0 Å². The van der Waals surface area contributed by atoms with E-state index in [1.54, 1.807) is 0 Å². The van der Waals surface area contributed by atoms with Crippen molar-refractivity contribution in [2.75, 3.05) is 0 Å². The molecule has 36 heavy (non-hydrogen) atoms. The molecule has 1 fully saturated rings. The molecular formula is C21H60O6Si9. The Kier molecular flexibility index (Phi) is 13.5. The lowest BCUT2D eigenvalue weighted by molar-refractivity contribution is 0.223. The van der Waals surface area contributed by atoms with Gasteiger partial charge in [0.25, 0.3) is 0 Å². The van der Waals surface area contributed by atoms with Crippen molar-refractivity contribution >= 4 is 77.8 Å². The molecule has 0 aromatic carbocycles. The Bertz CT molecular complexity index is 594. The third-order valence-corrected chi connectivity index (χ3v) is 39.5. The highest BCUT2D eigenvalue weighted by Crippen LogP contribution is 2.41. The lowest BCUT2D eigenvalue weighted by Crippen LogP contribution is -2.68. The molecule has 1 heterocycles. The molecule has 15 heteroatoms. The van der Waals surface area contributed by atoms with Gasteiger partial charge in [-0.2, -0.15) is 0 Å². The average Bonchev–Trinajstić information content (AvgIpc) is 2.60. The van der Waals surface area contributed by atoms with Crippen LogP contribution >= 0.6 is 0 Å². The molecule has 0 bridgehead atoms. The molecule has 0 unspecified atom stereocenters. The van der Waals surface area contributed by atoms with Crippen LogP contribution in [0.5, 0.6) is 0 Å². The third kappa shape index (κ3) is 13.9. The Balaban J connectivity index is 3.13. The Morgan fingerprint density at radius 3 is 0.833 bits per heavy atom. The molecule has 0 saturated carbocycles. The quantitative estimate of drug-likeness (QED) is 0.179. The van der Waals surface area contributed by atoms with Crippen LogP contribution < -0.4 is 0 Å². The van der Waals surface area contributed by atoms with Crippen LogP contribution in [-0.2, 0) is 24.7 Å². The summed E-state index contributed by atoms with van der Waals surface area (Å²) in [5.74, 6) is 0. The Morgan fingerprint density at radius 2 is 0.667 bits per heavy atom. The summed E-state index contributed by atoms with van der Waals surface area (Å²) in [7, 11) is -15.5. The van der Waals surface area contributed by atoms with Gasteiger partial charge in [0.2, 0.25) is 0 Å². The highest BCUT2D eigenvalue weighted by atomic mass is 28.5. The molecule has 6 nitrogen and oxygen atoms in total. The molecule has 0 aliphatic carbocycles. The summed E-state index contributed by atoms with van der Waals surface area (Å²) in [6.07, 6.45) is 0. The highest BCUT2D eigenvalue weighted by Gasteiger charge is 2.57. The van der Waals surface area contributed by atoms with Crippen molar-refractivity contribution in [2.24, 2.45) is 0 Å². The van der Waals surface area contributed by atoms with Crippen LogP contribution in [0.4, 0.5) is 0 Å². The standard InChI is InChI=1S/C21H60O6Si9/c1-28(2)22-31(7,8)16-19-34(13)25-35(14,20-17-32(9,10)23-29(3)4)27-36(15,26-34)21-18-33(11,12)24-30(5)6/h28-30H,16-21H2,1-15H3. The van der Waals surface area contributed by atoms with Gasteiger partial charge in [-0.25, -0.2) is 0 Å². The number of hydrogen-bond donors (Lipinski definition) is 0. The second-order valence-electron chi connectivity index (χ2n) is 14.0. The van der Waals surface area contributed by atoms with Crippen LogP contribution in [-0.4, -0.2) is 77.8 Å². The fourth-order valence-electron chi connectivity index (χ4n) is 5.41. The van der Waals surface area contributed by atoms with Crippen molar-refractivity contribution in [1.82, 2.24) is 0 Å². The summed E-state index contributed by atoms with van der Waals surface area (Å²) in [6.45, 7) is 34.9. The predicted octanol–water partition coefficient (Wildman–Crippen LogP) is 6.88. The highest BCUT2D eigenvalue weighted by molar-refractivity contribution is 6.95. The van der Waals surface area contributed by atoms with Gasteiger partial charge in [0, 0.05) is 0 Å². The fourth-order valence-corrected chi connectivity index (χ4v) is 49.9. The van der Waals surface area contributed by atoms with Gasteiger partial charge < -0.3 is 24.7 Å². The van der Waals surface area contributed by atoms with Gasteiger partial charge in [0.15, 0.2) is 52.1 Å². The Morgan fingerprint density at radius 1 is 0.472 bits per heavy atom. The molecule has 0 amide bonds. The normalized spacial score (nSPS) is 28.5. The summed E-state index contributed by atoms with van der Waals surface area (Å²) in [5.41, 5.74) is 0. The van der Waals surface area contributed by atoms with E-state index in [0.717, 1.165) is 36.3 Å². The molecule has 0 N–H and O–H groups in total. The summed E-state index contributed by atoms with van der Waals surface area (Å²) in [5, 5.41) is 0. The first-order valence-electron chi connectivity index (χ1n) is 14.1. The summed E-state index contributed by atoms with van der Waals surface area (Å²) >= 11 is 0. The maximum atomic E-state index is 7.07. The van der Waals surface area contributed by atoms with Crippen molar-refractivity contribution in [3.05, 3.63) is 0 Å². The Hall–Kier alpha value is 1.71. The zero-order valence-electron chi connectivity index (χ0n) is 26.4. The van der Waals surface area contributed by atoms with E-state index >= 15 is 0 Å². The monoisotopic (exact) mass is 660 g/mol. The van der Waals surface area contributed by atoms with E-state index in [4.69, 9.17) is 24.7 Å². The van der Waals surface area contributed by atoms with Crippen molar-refractivity contribution in [3.63, 3.8) is 0 Å². The molecular weight excluding hydrogens is 601 g/mol. The van der Waals surface area contributed by atoms with Crippen molar-refractivity contribution in [2.45, 2.75) is 134 Å². The molecule has 1 aliphatic rings. The maximum Gasteiger partial charge on any atom is 0.317 e. The summed E-state index contributed by atoms with van der Waals surface area (Å²) in [6, 6.07) is 6.40. The number of rotatable bonds is 15. The summed E-state index contributed by atoms with van der Waals surface area (Å²) < 4.78 is 40.7. The van der Waals surface area contributed by atoms with Crippen LogP contribution in [0.2, 0.25) is 134 Å². The van der Waals surface area contributed by atoms with Crippen molar-refractivity contribution in [3.8, 4) is 0 Å². The van der Waals surface area contributed by atoms with Gasteiger partial charge in [-0.1, -0.05) is 0 Å². The maximum absolute atomic E-state index is 7.07. The molecule has 0 aromatic heterocycles. The van der Waals surface area contributed by atoms with Crippen molar-refractivity contribution < 1.29 is 24.7 Å². The minimum atomic E-state index is -2.39. The largest absolute Gasteiger partial charge is 0.458 e. The van der Waals surface area contributed by atoms with E-state index in [9.17, 15) is 0 Å². The zero-order valence-corrected chi connectivity index (χ0v) is 35.9. The molecule has 1 rings (SSSR count). The molecule has 1 saturated heterocycles. The van der Waals surface area contributed by atoms with Crippen molar-refractivity contribution in [1.29, 1.82) is 0 Å². The second kappa shape index (κ2) is 13.6. The topological polar surface area (TPSA) is 55.4 Å². The van der Waals surface area contributed by atoms with E-state index in [-0.39, 0.29) is 0 Å². The first-order chi connectivity index (χ1) is 16.0. The van der Waals surface area contributed by atoms with E-state index in [1.807, 2.05) is 0 Å². The fraction of sp³-hybridized carbons (Fsp3) is 1.00. The van der Waals surface area contributed by atoms with E-state index in [0.29, 0.717) is 0 Å². The molecule has 1 aliphatic heterocycles. The van der Waals surface area contributed by atoms with Gasteiger partial charge in [-0.3, -0.25) is 0 Å². The van der Waals surface area contributed by atoms with Gasteiger partial charge >= 0.3 is 25.7 Å². The lowest BCUT2D eigenvalue weighted by Gasteiger charge is -2.51. The third-order valence-electron chi connectivity index (χ3n) is 6.50. The number of hydrogen-bond acceptors (Lipinski definition) is 6. The smallest absolute Gasteiger partial charge is 0.317 e. The first-order valence-corrected chi connectivity index (χ1v) is 39.4. The van der Waals surface area contributed by atoms with E-state index in [1.165, 1.54) is 0 Å². The first kappa shape index (κ1) is 35.7. The van der Waals surface area contributed by atoms with Gasteiger partial charge in [-0.15, -0.1) is 0 Å². The Labute approximate surface area is 235 Å². The molecule has 0 atom stereocenters. The minimum Gasteiger partial charge on any atom is -0.458 e. The van der Waals surface area contributed by atoms with Crippen LogP contribution in [0.15, 0.2) is 0 Å². The van der Waals surface area contributed by atoms with E-state index < -0.39 is 77.8 Å².